The molecule has 24 heavy (non-hydrogen) atoms. The number of piperidine rings is 1. The molecule has 2 aliphatic rings. The molecule has 3 heterocycles. The number of hydrogen-bond donors (Lipinski definition) is 0. The molecule has 0 bridgehead atoms. The smallest absolute Gasteiger partial charge is 0.259 e. The first-order chi connectivity index (χ1) is 11.8. The second kappa shape index (κ2) is 6.89. The monoisotopic (exact) mass is 328 g/mol. The normalized spacial score (nSPS) is 21.2. The Hall–Kier alpha value is -1.95. The number of rotatable bonds is 6. The van der Waals surface area contributed by atoms with Gasteiger partial charge in [-0.15, -0.1) is 0 Å². The third kappa shape index (κ3) is 3.43. The van der Waals surface area contributed by atoms with Crippen molar-refractivity contribution in [1.82, 2.24) is 15.1 Å². The highest BCUT2D eigenvalue weighted by Gasteiger charge is 2.29. The van der Waals surface area contributed by atoms with Crippen LogP contribution in [0.2, 0.25) is 0 Å². The molecule has 0 N–H and O–H groups in total. The summed E-state index contributed by atoms with van der Waals surface area (Å²) < 4.78 is 11.3. The van der Waals surface area contributed by atoms with Gasteiger partial charge in [0.1, 0.15) is 5.82 Å². The molecule has 6 nitrogen and oxygen atoms in total. The van der Waals surface area contributed by atoms with Crippen LogP contribution >= 0.6 is 0 Å². The predicted octanol–water partition coefficient (Wildman–Crippen LogP) is 3.40. The average molecular weight is 328 g/mol. The van der Waals surface area contributed by atoms with Crippen molar-refractivity contribution in [2.75, 3.05) is 24.6 Å². The van der Waals surface area contributed by atoms with Crippen molar-refractivity contribution >= 4 is 5.82 Å². The lowest BCUT2D eigenvalue weighted by Gasteiger charge is -2.33. The topological polar surface area (TPSA) is 64.3 Å². The Balaban J connectivity index is 1.42. The highest BCUT2D eigenvalue weighted by atomic mass is 16.5. The molecule has 4 rings (SSSR count). The van der Waals surface area contributed by atoms with Crippen LogP contribution in [0.3, 0.4) is 0 Å². The minimum absolute atomic E-state index is 0.317. The van der Waals surface area contributed by atoms with Gasteiger partial charge in [-0.1, -0.05) is 12.1 Å². The molecule has 0 amide bonds. The summed E-state index contributed by atoms with van der Waals surface area (Å²) in [5, 5.41) is 4.06. The summed E-state index contributed by atoms with van der Waals surface area (Å²) in [6, 6.07) is 4.06. The van der Waals surface area contributed by atoms with Crippen LogP contribution in [0.25, 0.3) is 11.5 Å². The maximum absolute atomic E-state index is 5.91. The Morgan fingerprint density at radius 2 is 2.21 bits per heavy atom. The SMILES string of the molecule is CCCOC1CCCN(c2ccc(-c3nc(C4CC4)no3)cn2)C1. The fourth-order valence-electron chi connectivity index (χ4n) is 3.13. The van der Waals surface area contributed by atoms with E-state index in [2.05, 4.69) is 26.9 Å². The lowest BCUT2D eigenvalue weighted by molar-refractivity contribution is 0.0439. The van der Waals surface area contributed by atoms with Crippen molar-refractivity contribution in [1.29, 1.82) is 0 Å². The van der Waals surface area contributed by atoms with Crippen LogP contribution in [0.15, 0.2) is 22.9 Å². The predicted molar refractivity (Wildman–Crippen MR) is 91.0 cm³/mol. The maximum atomic E-state index is 5.91. The summed E-state index contributed by atoms with van der Waals surface area (Å²) >= 11 is 0. The summed E-state index contributed by atoms with van der Waals surface area (Å²) in [6.07, 6.45) is 7.84. The van der Waals surface area contributed by atoms with E-state index >= 15 is 0 Å². The first-order valence-electron chi connectivity index (χ1n) is 9.00. The highest BCUT2D eigenvalue weighted by Crippen LogP contribution is 2.38. The molecule has 6 heteroatoms. The van der Waals surface area contributed by atoms with Crippen LogP contribution in [0.5, 0.6) is 0 Å². The van der Waals surface area contributed by atoms with E-state index in [9.17, 15) is 0 Å². The fourth-order valence-corrected chi connectivity index (χ4v) is 3.13. The maximum Gasteiger partial charge on any atom is 0.259 e. The summed E-state index contributed by atoms with van der Waals surface area (Å²) in [4.78, 5) is 11.4. The van der Waals surface area contributed by atoms with Crippen molar-refractivity contribution < 1.29 is 9.26 Å². The molecule has 128 valence electrons. The Kier molecular flexibility index (Phi) is 4.47. The van der Waals surface area contributed by atoms with Crippen LogP contribution in [0.1, 0.15) is 50.8 Å². The zero-order chi connectivity index (χ0) is 16.4. The van der Waals surface area contributed by atoms with Gasteiger partial charge in [-0.05, 0) is 44.2 Å². The lowest BCUT2D eigenvalue weighted by Crippen LogP contribution is -2.40. The molecule has 1 saturated carbocycles. The second-order valence-corrected chi connectivity index (χ2v) is 6.72. The van der Waals surface area contributed by atoms with Gasteiger partial charge in [-0.25, -0.2) is 4.98 Å². The van der Waals surface area contributed by atoms with Crippen LogP contribution in [-0.2, 0) is 4.74 Å². The molecule has 0 radical (unpaired) electrons. The Morgan fingerprint density at radius 3 is 2.96 bits per heavy atom. The van der Waals surface area contributed by atoms with E-state index in [4.69, 9.17) is 9.26 Å². The summed E-state index contributed by atoms with van der Waals surface area (Å²) in [5.74, 6) is 2.90. The largest absolute Gasteiger partial charge is 0.376 e. The Labute approximate surface area is 142 Å². The van der Waals surface area contributed by atoms with E-state index in [1.54, 1.807) is 0 Å². The van der Waals surface area contributed by atoms with Gasteiger partial charge in [0.05, 0.1) is 11.7 Å². The highest BCUT2D eigenvalue weighted by molar-refractivity contribution is 5.55. The number of hydrogen-bond acceptors (Lipinski definition) is 6. The van der Waals surface area contributed by atoms with Crippen molar-refractivity contribution in [3.8, 4) is 11.5 Å². The molecule has 0 aromatic carbocycles. The van der Waals surface area contributed by atoms with E-state index in [1.165, 1.54) is 12.8 Å². The molecular formula is C18H24N4O2. The van der Waals surface area contributed by atoms with Crippen LogP contribution in [0.4, 0.5) is 5.82 Å². The Morgan fingerprint density at radius 1 is 1.29 bits per heavy atom. The van der Waals surface area contributed by atoms with E-state index in [0.717, 1.165) is 56.2 Å². The van der Waals surface area contributed by atoms with Gasteiger partial charge in [0, 0.05) is 31.8 Å². The third-order valence-corrected chi connectivity index (χ3v) is 4.64. The zero-order valence-electron chi connectivity index (χ0n) is 14.1. The molecule has 2 fully saturated rings. The number of nitrogens with zero attached hydrogens (tertiary/aromatic N) is 4. The molecule has 0 spiro atoms. The summed E-state index contributed by atoms with van der Waals surface area (Å²) in [6.45, 7) is 4.93. The number of aromatic nitrogens is 3. The molecule has 2 aromatic heterocycles. The van der Waals surface area contributed by atoms with Gasteiger partial charge in [0.15, 0.2) is 5.82 Å². The Bertz CT molecular complexity index is 666. The van der Waals surface area contributed by atoms with E-state index in [0.29, 0.717) is 17.9 Å². The van der Waals surface area contributed by atoms with Crippen molar-refractivity contribution in [2.45, 2.75) is 51.0 Å². The van der Waals surface area contributed by atoms with Crippen LogP contribution < -0.4 is 4.90 Å². The van der Waals surface area contributed by atoms with Gasteiger partial charge < -0.3 is 14.2 Å². The van der Waals surface area contributed by atoms with Gasteiger partial charge >= 0.3 is 0 Å². The summed E-state index contributed by atoms with van der Waals surface area (Å²) in [7, 11) is 0. The zero-order valence-corrected chi connectivity index (χ0v) is 14.1. The molecule has 1 saturated heterocycles. The van der Waals surface area contributed by atoms with Crippen LogP contribution in [-0.4, -0.2) is 40.9 Å². The van der Waals surface area contributed by atoms with Gasteiger partial charge in [-0.3, -0.25) is 0 Å². The fraction of sp³-hybridized carbons (Fsp3) is 0.611. The minimum atomic E-state index is 0.317. The molecule has 2 aromatic rings. The van der Waals surface area contributed by atoms with E-state index in [1.807, 2.05) is 18.3 Å². The minimum Gasteiger partial charge on any atom is -0.376 e. The summed E-state index contributed by atoms with van der Waals surface area (Å²) in [5.41, 5.74) is 0.883. The number of pyridine rings is 1. The van der Waals surface area contributed by atoms with E-state index < -0.39 is 0 Å². The van der Waals surface area contributed by atoms with Crippen molar-refractivity contribution in [3.05, 3.63) is 24.2 Å². The third-order valence-electron chi connectivity index (χ3n) is 4.64. The van der Waals surface area contributed by atoms with E-state index in [-0.39, 0.29) is 0 Å². The molecule has 1 atom stereocenters. The number of ether oxygens (including phenoxy) is 1. The molecule has 1 aliphatic heterocycles. The van der Waals surface area contributed by atoms with Crippen LogP contribution in [0, 0.1) is 0 Å². The lowest BCUT2D eigenvalue weighted by atomic mass is 10.1. The quantitative estimate of drug-likeness (QED) is 0.810. The van der Waals surface area contributed by atoms with Crippen molar-refractivity contribution in [3.63, 3.8) is 0 Å². The first-order valence-corrected chi connectivity index (χ1v) is 9.00. The molecule has 1 aliphatic carbocycles. The van der Waals surface area contributed by atoms with Crippen molar-refractivity contribution in [2.24, 2.45) is 0 Å². The molecular weight excluding hydrogens is 304 g/mol. The second-order valence-electron chi connectivity index (χ2n) is 6.72. The van der Waals surface area contributed by atoms with Gasteiger partial charge in [0.2, 0.25) is 0 Å². The standard InChI is InChI=1S/C18H24N4O2/c1-2-10-23-15-4-3-9-22(12-15)16-8-7-14(11-19-16)18-20-17(21-24-18)13-5-6-13/h7-8,11,13,15H,2-6,9-10,12H2,1H3. The molecule has 1 unspecified atom stereocenters. The average Bonchev–Trinajstić information content (AvgIpc) is 3.37. The van der Waals surface area contributed by atoms with Gasteiger partial charge in [-0.2, -0.15) is 4.98 Å². The van der Waals surface area contributed by atoms with Gasteiger partial charge in [0.25, 0.3) is 5.89 Å². The number of anilines is 1. The first kappa shape index (κ1) is 15.6.